The molecule has 1 aromatic heterocycles. The third-order valence-corrected chi connectivity index (χ3v) is 6.53. The molecule has 29 heavy (non-hydrogen) atoms. The molecule has 4 fully saturated rings. The van der Waals surface area contributed by atoms with Crippen molar-refractivity contribution in [2.45, 2.75) is 56.0 Å². The summed E-state index contributed by atoms with van der Waals surface area (Å²) in [4.78, 5) is 24.9. The molecule has 1 heterocycles. The number of benzene rings is 1. The second-order valence-corrected chi connectivity index (χ2v) is 9.08. The molecule has 0 saturated heterocycles. The molecule has 2 N–H and O–H groups in total. The summed E-state index contributed by atoms with van der Waals surface area (Å²) in [6.45, 7) is 1.84. The number of ether oxygens (including phenoxy) is 1. The number of nitrogens with one attached hydrogen (secondary N) is 2. The van der Waals surface area contributed by atoms with Crippen molar-refractivity contribution in [3.63, 3.8) is 0 Å². The van der Waals surface area contributed by atoms with Gasteiger partial charge in [0.25, 0.3) is 11.8 Å². The van der Waals surface area contributed by atoms with Gasteiger partial charge >= 0.3 is 0 Å². The lowest BCUT2D eigenvalue weighted by atomic mass is 9.44. The maximum atomic E-state index is 12.6. The van der Waals surface area contributed by atoms with Crippen LogP contribution in [-0.4, -0.2) is 34.7 Å². The van der Waals surface area contributed by atoms with Gasteiger partial charge in [-0.15, -0.1) is 0 Å². The lowest BCUT2D eigenvalue weighted by molar-refractivity contribution is -0.141. The third-order valence-electron chi connectivity index (χ3n) is 6.10. The van der Waals surface area contributed by atoms with E-state index in [4.69, 9.17) is 20.9 Å². The highest BCUT2D eigenvalue weighted by Crippen LogP contribution is 2.60. The molecule has 2 bridgehead atoms. The fraction of sp³-hybridized carbons (Fsp3) is 0.476. The Hall–Kier alpha value is -2.54. The van der Waals surface area contributed by atoms with Gasteiger partial charge in [-0.25, -0.2) is 0 Å². The Morgan fingerprint density at radius 1 is 1.24 bits per heavy atom. The SMILES string of the molecule is Cc1cc(OCC(=O)NC23CC(NC(=O)c4cnoc4C4CC4)(C2)C3)ccc1Cl. The van der Waals surface area contributed by atoms with E-state index in [0.717, 1.165) is 37.7 Å². The summed E-state index contributed by atoms with van der Waals surface area (Å²) in [5.41, 5.74) is 0.995. The zero-order valence-electron chi connectivity index (χ0n) is 16.1. The topological polar surface area (TPSA) is 93.5 Å². The Kier molecular flexibility index (Phi) is 4.13. The maximum Gasteiger partial charge on any atom is 0.258 e. The Balaban J connectivity index is 1.10. The average Bonchev–Trinajstić information content (AvgIpc) is 3.36. The number of carbonyl (C=O) groups excluding carboxylic acids is 2. The summed E-state index contributed by atoms with van der Waals surface area (Å²) >= 11 is 6.00. The standard InChI is InChI=1S/C21H22ClN3O4/c1-12-6-14(4-5-16(12)22)28-8-17(26)24-20-9-21(10-20,11-20)25-19(27)15-7-23-29-18(15)13-2-3-13/h4-7,13H,2-3,8-11H2,1H3,(H,24,26)(H,25,27). The molecular weight excluding hydrogens is 394 g/mol. The largest absolute Gasteiger partial charge is 0.484 e. The lowest BCUT2D eigenvalue weighted by Crippen LogP contribution is -2.84. The summed E-state index contributed by atoms with van der Waals surface area (Å²) in [6.07, 6.45) is 5.81. The monoisotopic (exact) mass is 415 g/mol. The predicted octanol–water partition coefficient (Wildman–Crippen LogP) is 3.11. The number of hydrogen-bond donors (Lipinski definition) is 2. The molecule has 152 valence electrons. The number of aromatic nitrogens is 1. The van der Waals surface area contributed by atoms with Crippen LogP contribution in [0.2, 0.25) is 5.02 Å². The number of carbonyl (C=O) groups is 2. The molecule has 2 aromatic rings. The van der Waals surface area contributed by atoms with Crippen LogP contribution in [0.3, 0.4) is 0 Å². The van der Waals surface area contributed by atoms with E-state index in [2.05, 4.69) is 15.8 Å². The summed E-state index contributed by atoms with van der Waals surface area (Å²) in [5.74, 6) is 1.36. The van der Waals surface area contributed by atoms with Crippen molar-refractivity contribution in [2.24, 2.45) is 0 Å². The number of nitrogens with zero attached hydrogens (tertiary/aromatic N) is 1. The van der Waals surface area contributed by atoms with E-state index >= 15 is 0 Å². The summed E-state index contributed by atoms with van der Waals surface area (Å²) < 4.78 is 10.8. The minimum atomic E-state index is -0.226. The number of halogens is 1. The van der Waals surface area contributed by atoms with Crippen LogP contribution in [0, 0.1) is 6.92 Å². The van der Waals surface area contributed by atoms with Crippen LogP contribution < -0.4 is 15.4 Å². The molecule has 7 nitrogen and oxygen atoms in total. The average molecular weight is 416 g/mol. The first kappa shape index (κ1) is 18.5. The first-order chi connectivity index (χ1) is 13.9. The molecule has 0 atom stereocenters. The van der Waals surface area contributed by atoms with Crippen LogP contribution in [0.4, 0.5) is 0 Å². The third kappa shape index (κ3) is 3.37. The van der Waals surface area contributed by atoms with Gasteiger partial charge in [0.05, 0.1) is 6.20 Å². The highest BCUT2D eigenvalue weighted by Gasteiger charge is 2.69. The highest BCUT2D eigenvalue weighted by molar-refractivity contribution is 6.31. The van der Waals surface area contributed by atoms with Crippen molar-refractivity contribution >= 4 is 23.4 Å². The maximum absolute atomic E-state index is 12.6. The van der Waals surface area contributed by atoms with E-state index < -0.39 is 0 Å². The molecule has 6 rings (SSSR count). The van der Waals surface area contributed by atoms with Crippen molar-refractivity contribution in [3.05, 3.63) is 46.3 Å². The minimum Gasteiger partial charge on any atom is -0.484 e. The second-order valence-electron chi connectivity index (χ2n) is 8.67. The first-order valence-electron chi connectivity index (χ1n) is 9.84. The Morgan fingerprint density at radius 3 is 2.66 bits per heavy atom. The molecule has 4 aliphatic rings. The zero-order valence-corrected chi connectivity index (χ0v) is 16.8. The van der Waals surface area contributed by atoms with Crippen LogP contribution in [0.15, 0.2) is 28.9 Å². The molecule has 0 spiro atoms. The molecule has 4 saturated carbocycles. The molecule has 2 amide bonds. The second kappa shape index (κ2) is 6.49. The van der Waals surface area contributed by atoms with Crippen LogP contribution in [0.25, 0.3) is 0 Å². The van der Waals surface area contributed by atoms with E-state index in [0.29, 0.717) is 28.0 Å². The first-order valence-corrected chi connectivity index (χ1v) is 10.2. The number of rotatable bonds is 7. The molecule has 0 radical (unpaired) electrons. The van der Waals surface area contributed by atoms with Crippen molar-refractivity contribution in [1.29, 1.82) is 0 Å². The Bertz CT molecular complexity index is 978. The van der Waals surface area contributed by atoms with Crippen LogP contribution in [-0.2, 0) is 4.79 Å². The molecular formula is C21H22ClN3O4. The van der Waals surface area contributed by atoms with Gasteiger partial charge in [-0.1, -0.05) is 16.8 Å². The van der Waals surface area contributed by atoms with E-state index in [1.807, 2.05) is 13.0 Å². The lowest BCUT2D eigenvalue weighted by Gasteiger charge is -2.70. The van der Waals surface area contributed by atoms with Crippen molar-refractivity contribution in [3.8, 4) is 5.75 Å². The molecule has 8 heteroatoms. The smallest absolute Gasteiger partial charge is 0.258 e. The van der Waals surface area contributed by atoms with Gasteiger partial charge in [-0.3, -0.25) is 9.59 Å². The molecule has 1 aromatic carbocycles. The van der Waals surface area contributed by atoms with Crippen LogP contribution in [0.1, 0.15) is 59.7 Å². The van der Waals surface area contributed by atoms with E-state index in [1.165, 1.54) is 6.20 Å². The van der Waals surface area contributed by atoms with Crippen molar-refractivity contribution in [2.75, 3.05) is 6.61 Å². The van der Waals surface area contributed by atoms with Crippen molar-refractivity contribution in [1.82, 2.24) is 15.8 Å². The quantitative estimate of drug-likeness (QED) is 0.724. The van der Waals surface area contributed by atoms with Crippen LogP contribution >= 0.6 is 11.6 Å². The van der Waals surface area contributed by atoms with Gasteiger partial charge in [0.15, 0.2) is 12.4 Å². The van der Waals surface area contributed by atoms with Gasteiger partial charge in [-0.2, -0.15) is 0 Å². The molecule has 0 aliphatic heterocycles. The van der Waals surface area contributed by atoms with Gasteiger partial charge in [0.2, 0.25) is 0 Å². The van der Waals surface area contributed by atoms with Gasteiger partial charge in [0.1, 0.15) is 11.3 Å². The van der Waals surface area contributed by atoms with E-state index in [9.17, 15) is 9.59 Å². The number of amides is 2. The predicted molar refractivity (Wildman–Crippen MR) is 105 cm³/mol. The summed E-state index contributed by atoms with van der Waals surface area (Å²) in [6, 6.07) is 5.30. The fourth-order valence-corrected chi connectivity index (χ4v) is 4.73. The van der Waals surface area contributed by atoms with Crippen LogP contribution in [0.5, 0.6) is 5.75 Å². The van der Waals surface area contributed by atoms with E-state index in [-0.39, 0.29) is 29.5 Å². The Labute approximate surface area is 173 Å². The van der Waals surface area contributed by atoms with Gasteiger partial charge < -0.3 is 19.9 Å². The Morgan fingerprint density at radius 2 is 1.97 bits per heavy atom. The number of aryl methyl sites for hydroxylation is 1. The zero-order chi connectivity index (χ0) is 20.2. The van der Waals surface area contributed by atoms with Gasteiger partial charge in [0, 0.05) is 22.0 Å². The van der Waals surface area contributed by atoms with Gasteiger partial charge in [-0.05, 0) is 62.8 Å². The fourth-order valence-electron chi connectivity index (χ4n) is 4.61. The summed E-state index contributed by atoms with van der Waals surface area (Å²) in [5, 5.41) is 10.6. The summed E-state index contributed by atoms with van der Waals surface area (Å²) in [7, 11) is 0. The molecule has 4 aliphatic carbocycles. The van der Waals surface area contributed by atoms with E-state index in [1.54, 1.807) is 12.1 Å². The minimum absolute atomic E-state index is 0.0480. The normalized spacial score (nSPS) is 26.8. The molecule has 0 unspecified atom stereocenters. The highest BCUT2D eigenvalue weighted by atomic mass is 35.5. The van der Waals surface area contributed by atoms with Crippen molar-refractivity contribution < 1.29 is 18.8 Å². The number of hydrogen-bond acceptors (Lipinski definition) is 5.